The van der Waals surface area contributed by atoms with Crippen LogP contribution < -0.4 is 9.64 Å². The maximum atomic E-state index is 10.3. The van der Waals surface area contributed by atoms with Crippen LogP contribution in [0.25, 0.3) is 0 Å². The van der Waals surface area contributed by atoms with Crippen LogP contribution in [0.1, 0.15) is 36.2 Å². The van der Waals surface area contributed by atoms with Crippen LogP contribution in [0.15, 0.2) is 40.7 Å². The van der Waals surface area contributed by atoms with Crippen molar-refractivity contribution in [1.82, 2.24) is 0 Å². The van der Waals surface area contributed by atoms with Crippen LogP contribution in [-0.2, 0) is 0 Å². The largest absolute Gasteiger partial charge is 0.504 e. The van der Waals surface area contributed by atoms with E-state index < -0.39 is 0 Å². The van der Waals surface area contributed by atoms with Gasteiger partial charge < -0.3 is 14.7 Å². The van der Waals surface area contributed by atoms with Crippen LogP contribution in [0.5, 0.6) is 11.5 Å². The molecule has 5 heteroatoms. The number of likely N-dealkylation sites (tertiary alicyclic amines) is 1. The summed E-state index contributed by atoms with van der Waals surface area (Å²) in [5.74, 6) is 0.686. The molecule has 0 aliphatic carbocycles. The van der Waals surface area contributed by atoms with Gasteiger partial charge in [-0.3, -0.25) is 4.99 Å². The summed E-state index contributed by atoms with van der Waals surface area (Å²) in [5, 5.41) is 12.4. The molecule has 0 radical (unpaired) electrons. The highest BCUT2D eigenvalue weighted by molar-refractivity contribution is 7.10. The smallest absolute Gasteiger partial charge is 0.166 e. The lowest BCUT2D eigenvalue weighted by Crippen LogP contribution is -3.10. The first kappa shape index (κ1) is 17.0. The van der Waals surface area contributed by atoms with Crippen molar-refractivity contribution in [2.75, 3.05) is 26.2 Å². The number of phenols is 1. The van der Waals surface area contributed by atoms with Crippen LogP contribution in [0, 0.1) is 0 Å². The zero-order valence-corrected chi connectivity index (χ0v) is 14.9. The van der Waals surface area contributed by atoms with Crippen molar-refractivity contribution >= 4 is 17.6 Å². The van der Waals surface area contributed by atoms with E-state index in [4.69, 9.17) is 4.74 Å². The number of aliphatic imine (C=N–C) groups is 1. The van der Waals surface area contributed by atoms with E-state index in [0.29, 0.717) is 24.0 Å². The highest BCUT2D eigenvalue weighted by Gasteiger charge is 2.27. The maximum Gasteiger partial charge on any atom is 0.166 e. The molecule has 1 aromatic heterocycles. The molecule has 0 amide bonds. The highest BCUT2D eigenvalue weighted by atomic mass is 32.1. The van der Waals surface area contributed by atoms with Gasteiger partial charge in [-0.15, -0.1) is 11.3 Å². The number of hydrogen-bond donors (Lipinski definition) is 2. The maximum absolute atomic E-state index is 10.3. The SMILES string of the molecule is CCOc1cccc(C=NC[C@H](c2cccs2)[NH+]2CCCC2)c1O. The molecule has 3 rings (SSSR count). The molecule has 1 aliphatic heterocycles. The molecule has 2 heterocycles. The van der Waals surface area contributed by atoms with Crippen LogP contribution in [0.2, 0.25) is 0 Å². The molecule has 1 fully saturated rings. The predicted molar refractivity (Wildman–Crippen MR) is 98.7 cm³/mol. The van der Waals surface area contributed by atoms with Crippen molar-refractivity contribution in [3.8, 4) is 11.5 Å². The standard InChI is InChI=1S/C19H24N2O2S/c1-2-23-17-8-5-7-15(19(17)22)13-20-14-16(18-9-6-12-24-18)21-10-3-4-11-21/h5-9,12-13,16,22H,2-4,10-11,14H2,1H3/p+1/t16-/m1/s1. The van der Waals surface area contributed by atoms with E-state index in [1.807, 2.05) is 30.4 Å². The second kappa shape index (κ2) is 8.31. The van der Waals surface area contributed by atoms with E-state index in [1.165, 1.54) is 30.8 Å². The molecule has 2 N–H and O–H groups in total. The lowest BCUT2D eigenvalue weighted by atomic mass is 10.2. The van der Waals surface area contributed by atoms with Crippen molar-refractivity contribution in [2.45, 2.75) is 25.8 Å². The number of nitrogens with zero attached hydrogens (tertiary/aromatic N) is 1. The van der Waals surface area contributed by atoms with Gasteiger partial charge in [-0.1, -0.05) is 12.1 Å². The van der Waals surface area contributed by atoms with Gasteiger partial charge in [0.25, 0.3) is 0 Å². The van der Waals surface area contributed by atoms with Gasteiger partial charge in [0.1, 0.15) is 6.04 Å². The van der Waals surface area contributed by atoms with E-state index in [0.717, 1.165) is 6.54 Å². The van der Waals surface area contributed by atoms with Crippen molar-refractivity contribution in [2.24, 2.45) is 4.99 Å². The van der Waals surface area contributed by atoms with Gasteiger partial charge in [-0.25, -0.2) is 0 Å². The summed E-state index contributed by atoms with van der Waals surface area (Å²) in [7, 11) is 0. The Kier molecular flexibility index (Phi) is 5.88. The minimum absolute atomic E-state index is 0.171. The number of thiophene rings is 1. The number of nitrogens with one attached hydrogen (secondary N) is 1. The van der Waals surface area contributed by atoms with Crippen molar-refractivity contribution in [1.29, 1.82) is 0 Å². The van der Waals surface area contributed by atoms with Gasteiger partial charge in [-0.05, 0) is 30.5 Å². The fraction of sp³-hybridized carbons (Fsp3) is 0.421. The first-order chi connectivity index (χ1) is 11.8. The van der Waals surface area contributed by atoms with Crippen LogP contribution in [-0.4, -0.2) is 37.6 Å². The quantitative estimate of drug-likeness (QED) is 0.758. The van der Waals surface area contributed by atoms with Crippen LogP contribution >= 0.6 is 11.3 Å². The zero-order chi connectivity index (χ0) is 16.8. The number of hydrogen-bond acceptors (Lipinski definition) is 4. The number of ether oxygens (including phenoxy) is 1. The average Bonchev–Trinajstić information content (AvgIpc) is 3.29. The van der Waals surface area contributed by atoms with Gasteiger partial charge >= 0.3 is 0 Å². The molecule has 0 unspecified atom stereocenters. The minimum atomic E-state index is 0.171. The molecule has 128 valence electrons. The first-order valence-electron chi connectivity index (χ1n) is 8.62. The molecule has 1 aliphatic rings. The molecule has 24 heavy (non-hydrogen) atoms. The molecule has 4 nitrogen and oxygen atoms in total. The number of phenolic OH excluding ortho intramolecular Hbond substituents is 1. The Balaban J connectivity index is 1.72. The third-order valence-electron chi connectivity index (χ3n) is 4.47. The molecule has 2 aromatic rings. The van der Waals surface area contributed by atoms with Gasteiger partial charge in [0.2, 0.25) is 0 Å². The molecular weight excluding hydrogens is 320 g/mol. The number of aromatic hydroxyl groups is 1. The van der Waals surface area contributed by atoms with Gasteiger partial charge in [0.05, 0.1) is 31.1 Å². The molecule has 0 saturated carbocycles. The van der Waals surface area contributed by atoms with E-state index in [9.17, 15) is 5.11 Å². The Morgan fingerprint density at radius 2 is 2.12 bits per heavy atom. The number of quaternary nitrogens is 1. The van der Waals surface area contributed by atoms with E-state index >= 15 is 0 Å². The Morgan fingerprint density at radius 1 is 1.29 bits per heavy atom. The van der Waals surface area contributed by atoms with Crippen LogP contribution in [0.4, 0.5) is 0 Å². The minimum Gasteiger partial charge on any atom is -0.504 e. The third kappa shape index (κ3) is 3.97. The molecule has 0 bridgehead atoms. The number of rotatable bonds is 7. The Morgan fingerprint density at radius 3 is 2.83 bits per heavy atom. The predicted octanol–water partition coefficient (Wildman–Crippen LogP) is 2.69. The van der Waals surface area contributed by atoms with Gasteiger partial charge in [-0.2, -0.15) is 0 Å². The fourth-order valence-corrected chi connectivity index (χ4v) is 4.14. The monoisotopic (exact) mass is 345 g/mol. The second-order valence-electron chi connectivity index (χ2n) is 6.05. The normalized spacial score (nSPS) is 16.7. The highest BCUT2D eigenvalue weighted by Crippen LogP contribution is 2.28. The van der Waals surface area contributed by atoms with Gasteiger partial charge in [0, 0.05) is 24.6 Å². The summed E-state index contributed by atoms with van der Waals surface area (Å²) < 4.78 is 5.43. The lowest BCUT2D eigenvalue weighted by Gasteiger charge is -2.22. The Labute approximate surface area is 147 Å². The summed E-state index contributed by atoms with van der Waals surface area (Å²) in [6.07, 6.45) is 4.38. The third-order valence-corrected chi connectivity index (χ3v) is 5.46. The first-order valence-corrected chi connectivity index (χ1v) is 9.50. The van der Waals surface area contributed by atoms with Gasteiger partial charge in [0.15, 0.2) is 11.5 Å². The summed E-state index contributed by atoms with van der Waals surface area (Å²) in [6, 6.07) is 10.3. The lowest BCUT2D eigenvalue weighted by molar-refractivity contribution is -0.917. The number of para-hydroxylation sites is 1. The van der Waals surface area contributed by atoms with E-state index in [2.05, 4.69) is 22.5 Å². The topological polar surface area (TPSA) is 46.3 Å². The molecule has 0 spiro atoms. The summed E-state index contributed by atoms with van der Waals surface area (Å²) >= 11 is 1.81. The fourth-order valence-electron chi connectivity index (χ4n) is 3.26. The summed E-state index contributed by atoms with van der Waals surface area (Å²) in [5.41, 5.74) is 0.710. The molecule has 1 atom stereocenters. The van der Waals surface area contributed by atoms with E-state index in [1.54, 1.807) is 17.2 Å². The second-order valence-corrected chi connectivity index (χ2v) is 7.03. The summed E-state index contributed by atoms with van der Waals surface area (Å²) in [4.78, 5) is 7.68. The Bertz CT molecular complexity index is 664. The van der Waals surface area contributed by atoms with Crippen molar-refractivity contribution in [3.63, 3.8) is 0 Å². The summed E-state index contributed by atoms with van der Waals surface area (Å²) in [6.45, 7) is 5.64. The van der Waals surface area contributed by atoms with Crippen molar-refractivity contribution in [3.05, 3.63) is 46.2 Å². The van der Waals surface area contributed by atoms with E-state index in [-0.39, 0.29) is 5.75 Å². The van der Waals surface area contributed by atoms with Crippen LogP contribution in [0.3, 0.4) is 0 Å². The average molecular weight is 345 g/mol. The van der Waals surface area contributed by atoms with Crippen molar-refractivity contribution < 1.29 is 14.7 Å². The zero-order valence-electron chi connectivity index (χ0n) is 14.1. The molecular formula is C19H25N2O2S+. The molecule has 1 aromatic carbocycles. The number of benzene rings is 1. The Hall–Kier alpha value is -1.85. The molecule has 1 saturated heterocycles.